The van der Waals surface area contributed by atoms with Crippen molar-refractivity contribution >= 4 is 0 Å². The summed E-state index contributed by atoms with van der Waals surface area (Å²) in [4.78, 5) is 0. The molecule has 0 aliphatic carbocycles. The zero-order valence-corrected chi connectivity index (χ0v) is 10.7. The minimum Gasteiger partial charge on any atom is -0.324 e. The van der Waals surface area contributed by atoms with Crippen LogP contribution in [0.15, 0.2) is 60.7 Å². The molecule has 0 aliphatic heterocycles. The van der Waals surface area contributed by atoms with Crippen LogP contribution < -0.4 is 11.1 Å². The maximum Gasteiger partial charge on any atom is 0.0335 e. The Hall–Kier alpha value is -1.64. The van der Waals surface area contributed by atoms with Gasteiger partial charge in [-0.25, -0.2) is 0 Å². The molecule has 0 saturated carbocycles. The van der Waals surface area contributed by atoms with Gasteiger partial charge in [-0.1, -0.05) is 60.7 Å². The molecule has 2 unspecified atom stereocenters. The fourth-order valence-electron chi connectivity index (χ4n) is 2.20. The normalized spacial score (nSPS) is 14.1. The summed E-state index contributed by atoms with van der Waals surface area (Å²) in [7, 11) is 1.98. The van der Waals surface area contributed by atoms with Crippen molar-refractivity contribution in [1.29, 1.82) is 0 Å². The first kappa shape index (κ1) is 12.8. The van der Waals surface area contributed by atoms with Crippen molar-refractivity contribution in [2.75, 3.05) is 7.05 Å². The molecule has 0 radical (unpaired) electrons. The highest BCUT2D eigenvalue weighted by Gasteiger charge is 2.14. The van der Waals surface area contributed by atoms with Crippen molar-refractivity contribution < 1.29 is 0 Å². The molecule has 18 heavy (non-hydrogen) atoms. The zero-order chi connectivity index (χ0) is 12.8. The fraction of sp³-hybridized carbons (Fsp3) is 0.250. The Kier molecular flexibility index (Phi) is 4.51. The molecule has 0 amide bonds. The Morgan fingerprint density at radius 1 is 0.889 bits per heavy atom. The molecular weight excluding hydrogens is 220 g/mol. The first-order chi connectivity index (χ1) is 8.81. The van der Waals surface area contributed by atoms with Crippen LogP contribution in [0.4, 0.5) is 0 Å². The van der Waals surface area contributed by atoms with E-state index in [-0.39, 0.29) is 6.04 Å². The van der Waals surface area contributed by atoms with Gasteiger partial charge in [0, 0.05) is 12.1 Å². The highest BCUT2D eigenvalue weighted by molar-refractivity contribution is 5.22. The third kappa shape index (κ3) is 3.19. The summed E-state index contributed by atoms with van der Waals surface area (Å²) < 4.78 is 0. The molecule has 3 N–H and O–H groups in total. The lowest BCUT2D eigenvalue weighted by molar-refractivity contribution is 0.491. The van der Waals surface area contributed by atoms with Gasteiger partial charge < -0.3 is 11.1 Å². The van der Waals surface area contributed by atoms with E-state index in [0.29, 0.717) is 6.04 Å². The topological polar surface area (TPSA) is 38.0 Å². The van der Waals surface area contributed by atoms with Crippen molar-refractivity contribution in [3.63, 3.8) is 0 Å². The molecule has 0 heterocycles. The number of hydrogen-bond donors (Lipinski definition) is 2. The zero-order valence-electron chi connectivity index (χ0n) is 10.7. The Morgan fingerprint density at radius 3 is 1.89 bits per heavy atom. The van der Waals surface area contributed by atoms with Crippen LogP contribution in [0.3, 0.4) is 0 Å². The average Bonchev–Trinajstić information content (AvgIpc) is 2.46. The SMILES string of the molecule is CNC(CC(N)c1ccccc1)c1ccccc1. The molecule has 0 saturated heterocycles. The standard InChI is InChI=1S/C16H20N2/c1-18-16(14-10-6-3-7-11-14)12-15(17)13-8-4-2-5-9-13/h2-11,15-16,18H,12,17H2,1H3. The van der Waals surface area contributed by atoms with E-state index in [9.17, 15) is 0 Å². The lowest BCUT2D eigenvalue weighted by atomic mass is 9.95. The third-order valence-electron chi connectivity index (χ3n) is 3.27. The number of rotatable bonds is 5. The predicted molar refractivity (Wildman–Crippen MR) is 76.2 cm³/mol. The number of nitrogens with two attached hydrogens (primary N) is 1. The summed E-state index contributed by atoms with van der Waals surface area (Å²) in [6.45, 7) is 0. The molecule has 2 rings (SSSR count). The summed E-state index contributed by atoms with van der Waals surface area (Å²) in [5.74, 6) is 0. The molecule has 2 nitrogen and oxygen atoms in total. The van der Waals surface area contributed by atoms with Gasteiger partial charge >= 0.3 is 0 Å². The van der Waals surface area contributed by atoms with E-state index in [4.69, 9.17) is 5.73 Å². The van der Waals surface area contributed by atoms with Gasteiger partial charge in [0.15, 0.2) is 0 Å². The molecule has 94 valence electrons. The van der Waals surface area contributed by atoms with Gasteiger partial charge in [-0.2, -0.15) is 0 Å². The fourth-order valence-corrected chi connectivity index (χ4v) is 2.20. The number of hydrogen-bond acceptors (Lipinski definition) is 2. The van der Waals surface area contributed by atoms with Crippen LogP contribution in [0.1, 0.15) is 29.6 Å². The first-order valence-electron chi connectivity index (χ1n) is 6.34. The van der Waals surface area contributed by atoms with E-state index >= 15 is 0 Å². The lowest BCUT2D eigenvalue weighted by Gasteiger charge is -2.21. The Labute approximate surface area is 109 Å². The van der Waals surface area contributed by atoms with Crippen molar-refractivity contribution in [3.8, 4) is 0 Å². The van der Waals surface area contributed by atoms with Crippen LogP contribution in [0.25, 0.3) is 0 Å². The quantitative estimate of drug-likeness (QED) is 0.843. The van der Waals surface area contributed by atoms with Crippen molar-refractivity contribution in [1.82, 2.24) is 5.32 Å². The first-order valence-corrected chi connectivity index (χ1v) is 6.34. The van der Waals surface area contributed by atoms with Crippen molar-refractivity contribution in [2.24, 2.45) is 5.73 Å². The minimum absolute atomic E-state index is 0.0591. The van der Waals surface area contributed by atoms with E-state index in [2.05, 4.69) is 41.7 Å². The Bertz CT molecular complexity index is 453. The van der Waals surface area contributed by atoms with E-state index in [1.54, 1.807) is 0 Å². The molecule has 2 aromatic rings. The maximum atomic E-state index is 6.27. The molecular formula is C16H20N2. The van der Waals surface area contributed by atoms with E-state index < -0.39 is 0 Å². The smallest absolute Gasteiger partial charge is 0.0335 e. The maximum absolute atomic E-state index is 6.27. The lowest BCUT2D eigenvalue weighted by Crippen LogP contribution is -2.22. The van der Waals surface area contributed by atoms with Crippen LogP contribution in [-0.2, 0) is 0 Å². The van der Waals surface area contributed by atoms with Gasteiger partial charge in [0.1, 0.15) is 0 Å². The molecule has 0 fully saturated rings. The average molecular weight is 240 g/mol. The molecule has 0 aromatic heterocycles. The summed E-state index contributed by atoms with van der Waals surface area (Å²) >= 11 is 0. The minimum atomic E-state index is 0.0591. The second kappa shape index (κ2) is 6.34. The summed E-state index contributed by atoms with van der Waals surface area (Å²) in [5, 5.41) is 3.34. The number of nitrogens with one attached hydrogen (secondary N) is 1. The monoisotopic (exact) mass is 240 g/mol. The summed E-state index contributed by atoms with van der Waals surface area (Å²) in [6, 6.07) is 21.0. The van der Waals surface area contributed by atoms with Gasteiger partial charge in [-0.05, 0) is 24.6 Å². The predicted octanol–water partition coefficient (Wildman–Crippen LogP) is 3.04. The van der Waals surface area contributed by atoms with Gasteiger partial charge in [0.25, 0.3) is 0 Å². The highest BCUT2D eigenvalue weighted by Crippen LogP contribution is 2.24. The van der Waals surface area contributed by atoms with Gasteiger partial charge in [0.05, 0.1) is 0 Å². The van der Waals surface area contributed by atoms with Crippen molar-refractivity contribution in [3.05, 3.63) is 71.8 Å². The Balaban J connectivity index is 2.07. The largest absolute Gasteiger partial charge is 0.324 e. The molecule has 0 spiro atoms. The van der Waals surface area contributed by atoms with Gasteiger partial charge in [-0.3, -0.25) is 0 Å². The molecule has 2 heteroatoms. The van der Waals surface area contributed by atoms with Crippen molar-refractivity contribution in [2.45, 2.75) is 18.5 Å². The van der Waals surface area contributed by atoms with Gasteiger partial charge in [0.2, 0.25) is 0 Å². The molecule has 2 aromatic carbocycles. The van der Waals surface area contributed by atoms with E-state index in [0.717, 1.165) is 6.42 Å². The summed E-state index contributed by atoms with van der Waals surface area (Å²) in [5.41, 5.74) is 8.74. The van der Waals surface area contributed by atoms with Crippen LogP contribution in [-0.4, -0.2) is 7.05 Å². The van der Waals surface area contributed by atoms with Crippen LogP contribution >= 0.6 is 0 Å². The van der Waals surface area contributed by atoms with E-state index in [1.165, 1.54) is 11.1 Å². The van der Waals surface area contributed by atoms with Crippen LogP contribution in [0.2, 0.25) is 0 Å². The molecule has 0 bridgehead atoms. The van der Waals surface area contributed by atoms with Gasteiger partial charge in [-0.15, -0.1) is 0 Å². The highest BCUT2D eigenvalue weighted by atomic mass is 14.9. The Morgan fingerprint density at radius 2 is 1.39 bits per heavy atom. The number of benzene rings is 2. The third-order valence-corrected chi connectivity index (χ3v) is 3.27. The second-order valence-corrected chi connectivity index (χ2v) is 4.50. The van der Waals surface area contributed by atoms with Crippen LogP contribution in [0.5, 0.6) is 0 Å². The van der Waals surface area contributed by atoms with Crippen LogP contribution in [0, 0.1) is 0 Å². The second-order valence-electron chi connectivity index (χ2n) is 4.50. The molecule has 2 atom stereocenters. The van der Waals surface area contributed by atoms with E-state index in [1.807, 2.05) is 31.3 Å². The molecule has 0 aliphatic rings. The summed E-state index contributed by atoms with van der Waals surface area (Å²) in [6.07, 6.45) is 0.893.